The van der Waals surface area contributed by atoms with Gasteiger partial charge >= 0.3 is 0 Å². The second-order valence-corrected chi connectivity index (χ2v) is 7.81. The topological polar surface area (TPSA) is 71.5 Å². The molecule has 1 aromatic rings. The molecular weight excluding hydrogens is 292 g/mol. The molecule has 5 heteroatoms. The molecular formula is C18H24N2O3. The number of carbonyl (C=O) groups is 1. The summed E-state index contributed by atoms with van der Waals surface area (Å²) in [4.78, 5) is 16.4. The van der Waals surface area contributed by atoms with Crippen molar-refractivity contribution in [3.8, 4) is 11.5 Å². The number of aromatic nitrogens is 1. The standard InChI is InChI=1S/C18H24N2O3/c1-23-14-2-3-19-15(16(14)21)17(22)20-10-18-7-11-4-12(8-18)6-13(5-11)9-18/h2-3,11-13,21H,4-10H2,1H3,(H,20,22). The molecule has 0 saturated heterocycles. The number of methoxy groups -OCH3 is 1. The number of hydrogen-bond donors (Lipinski definition) is 2. The van der Waals surface area contributed by atoms with E-state index in [1.54, 1.807) is 6.07 Å². The van der Waals surface area contributed by atoms with E-state index in [9.17, 15) is 9.90 Å². The van der Waals surface area contributed by atoms with Crippen LogP contribution in [0.25, 0.3) is 0 Å². The van der Waals surface area contributed by atoms with Crippen molar-refractivity contribution >= 4 is 5.91 Å². The van der Waals surface area contributed by atoms with Gasteiger partial charge in [-0.2, -0.15) is 0 Å². The summed E-state index contributed by atoms with van der Waals surface area (Å²) in [5.41, 5.74) is 0.327. The Hall–Kier alpha value is -1.78. The highest BCUT2D eigenvalue weighted by Crippen LogP contribution is 2.59. The third-order valence-corrected chi connectivity index (χ3v) is 6.11. The van der Waals surface area contributed by atoms with Crippen LogP contribution in [-0.2, 0) is 0 Å². The van der Waals surface area contributed by atoms with Gasteiger partial charge in [0.1, 0.15) is 0 Å². The first-order valence-corrected chi connectivity index (χ1v) is 8.59. The molecule has 0 radical (unpaired) electrons. The lowest BCUT2D eigenvalue weighted by Gasteiger charge is -2.56. The lowest BCUT2D eigenvalue weighted by atomic mass is 9.49. The number of rotatable bonds is 4. The summed E-state index contributed by atoms with van der Waals surface area (Å²) < 4.78 is 5.04. The van der Waals surface area contributed by atoms with Crippen molar-refractivity contribution in [2.75, 3.05) is 13.7 Å². The van der Waals surface area contributed by atoms with Crippen LogP contribution in [-0.4, -0.2) is 29.7 Å². The lowest BCUT2D eigenvalue weighted by Crippen LogP contribution is -2.51. The van der Waals surface area contributed by atoms with E-state index in [1.807, 2.05) is 0 Å². The molecule has 5 rings (SSSR count). The van der Waals surface area contributed by atoms with Crippen LogP contribution in [0.1, 0.15) is 49.0 Å². The highest BCUT2D eigenvalue weighted by atomic mass is 16.5. The normalized spacial score (nSPS) is 34.4. The fraction of sp³-hybridized carbons (Fsp3) is 0.667. The van der Waals surface area contributed by atoms with Crippen LogP contribution in [0.15, 0.2) is 12.3 Å². The summed E-state index contributed by atoms with van der Waals surface area (Å²) in [5.74, 6) is 2.37. The van der Waals surface area contributed by atoms with Crippen LogP contribution in [0.4, 0.5) is 0 Å². The molecule has 0 aromatic carbocycles. The van der Waals surface area contributed by atoms with Crippen molar-refractivity contribution in [3.63, 3.8) is 0 Å². The van der Waals surface area contributed by atoms with Gasteiger partial charge < -0.3 is 15.2 Å². The fourth-order valence-corrected chi connectivity index (χ4v) is 5.63. The van der Waals surface area contributed by atoms with Gasteiger partial charge in [0.25, 0.3) is 5.91 Å². The summed E-state index contributed by atoms with van der Waals surface area (Å²) in [6.45, 7) is 0.702. The van der Waals surface area contributed by atoms with Gasteiger partial charge in [-0.15, -0.1) is 0 Å². The minimum Gasteiger partial charge on any atom is -0.503 e. The summed E-state index contributed by atoms with van der Waals surface area (Å²) in [6, 6.07) is 1.55. The highest BCUT2D eigenvalue weighted by Gasteiger charge is 2.50. The Labute approximate surface area is 136 Å². The molecule has 23 heavy (non-hydrogen) atoms. The average Bonchev–Trinajstić information content (AvgIpc) is 2.52. The third kappa shape index (κ3) is 2.56. The molecule has 1 heterocycles. The molecule has 4 aliphatic rings. The number of nitrogens with zero attached hydrogens (tertiary/aromatic N) is 1. The zero-order valence-corrected chi connectivity index (χ0v) is 13.5. The first-order chi connectivity index (χ1) is 11.1. The minimum absolute atomic E-state index is 0.0501. The second kappa shape index (κ2) is 5.39. The molecule has 4 bridgehead atoms. The van der Waals surface area contributed by atoms with Gasteiger partial charge in [0.2, 0.25) is 0 Å². The summed E-state index contributed by atoms with van der Waals surface area (Å²) in [6.07, 6.45) is 9.41. The summed E-state index contributed by atoms with van der Waals surface area (Å²) >= 11 is 0. The maximum absolute atomic E-state index is 12.4. The average molecular weight is 316 g/mol. The van der Waals surface area contributed by atoms with Crippen LogP contribution < -0.4 is 10.1 Å². The van der Waals surface area contributed by atoms with E-state index in [-0.39, 0.29) is 28.5 Å². The first kappa shape index (κ1) is 14.8. The molecule has 4 fully saturated rings. The van der Waals surface area contributed by atoms with Gasteiger partial charge in [-0.3, -0.25) is 4.79 Å². The number of pyridine rings is 1. The van der Waals surface area contributed by atoms with E-state index in [0.717, 1.165) is 17.8 Å². The number of hydrogen-bond acceptors (Lipinski definition) is 4. The Morgan fingerprint density at radius 2 is 1.91 bits per heavy atom. The summed E-state index contributed by atoms with van der Waals surface area (Å²) in [7, 11) is 1.46. The van der Waals surface area contributed by atoms with Crippen molar-refractivity contribution in [2.24, 2.45) is 23.2 Å². The van der Waals surface area contributed by atoms with Crippen LogP contribution in [0.2, 0.25) is 0 Å². The molecule has 0 unspecified atom stereocenters. The van der Waals surface area contributed by atoms with Crippen molar-refractivity contribution < 1.29 is 14.6 Å². The maximum atomic E-state index is 12.4. The molecule has 124 valence electrons. The van der Waals surface area contributed by atoms with Crippen molar-refractivity contribution in [3.05, 3.63) is 18.0 Å². The fourth-order valence-electron chi connectivity index (χ4n) is 5.63. The minimum atomic E-state index is -0.308. The van der Waals surface area contributed by atoms with E-state index in [0.29, 0.717) is 6.54 Å². The Morgan fingerprint density at radius 1 is 1.30 bits per heavy atom. The summed E-state index contributed by atoms with van der Waals surface area (Å²) in [5, 5.41) is 13.1. The Morgan fingerprint density at radius 3 is 2.48 bits per heavy atom. The Bertz CT molecular complexity index is 593. The van der Waals surface area contributed by atoms with Gasteiger partial charge in [-0.05, 0) is 61.7 Å². The third-order valence-electron chi connectivity index (χ3n) is 6.11. The van der Waals surface area contributed by atoms with Crippen LogP contribution in [0.5, 0.6) is 11.5 Å². The van der Waals surface area contributed by atoms with Gasteiger partial charge in [0.15, 0.2) is 17.2 Å². The van der Waals surface area contributed by atoms with Crippen molar-refractivity contribution in [1.29, 1.82) is 0 Å². The molecule has 1 aromatic heterocycles. The van der Waals surface area contributed by atoms with Crippen LogP contribution >= 0.6 is 0 Å². The van der Waals surface area contributed by atoms with E-state index in [1.165, 1.54) is 51.8 Å². The van der Waals surface area contributed by atoms with Crippen LogP contribution in [0.3, 0.4) is 0 Å². The first-order valence-electron chi connectivity index (χ1n) is 8.59. The van der Waals surface area contributed by atoms with Crippen molar-refractivity contribution in [2.45, 2.75) is 38.5 Å². The quantitative estimate of drug-likeness (QED) is 0.896. The zero-order valence-electron chi connectivity index (χ0n) is 13.5. The number of ether oxygens (including phenoxy) is 1. The second-order valence-electron chi connectivity index (χ2n) is 7.81. The predicted octanol–water partition coefficient (Wildman–Crippen LogP) is 2.74. The number of carbonyl (C=O) groups excluding carboxylic acids is 1. The van der Waals surface area contributed by atoms with Gasteiger partial charge in [0.05, 0.1) is 7.11 Å². The molecule has 0 aliphatic heterocycles. The van der Waals surface area contributed by atoms with E-state index in [2.05, 4.69) is 10.3 Å². The molecule has 0 atom stereocenters. The molecule has 1 amide bonds. The highest BCUT2D eigenvalue weighted by molar-refractivity contribution is 5.95. The van der Waals surface area contributed by atoms with Gasteiger partial charge in [0, 0.05) is 18.8 Å². The molecule has 0 spiro atoms. The number of nitrogens with one attached hydrogen (secondary N) is 1. The molecule has 5 nitrogen and oxygen atoms in total. The van der Waals surface area contributed by atoms with Crippen molar-refractivity contribution in [1.82, 2.24) is 10.3 Å². The Balaban J connectivity index is 1.46. The number of amides is 1. The van der Waals surface area contributed by atoms with E-state index >= 15 is 0 Å². The van der Waals surface area contributed by atoms with E-state index in [4.69, 9.17) is 4.74 Å². The van der Waals surface area contributed by atoms with Gasteiger partial charge in [-0.1, -0.05) is 0 Å². The molecule has 2 N–H and O–H groups in total. The lowest BCUT2D eigenvalue weighted by molar-refractivity contribution is -0.0503. The number of aromatic hydroxyl groups is 1. The molecule has 4 saturated carbocycles. The SMILES string of the molecule is COc1ccnc(C(=O)NCC23CC4CC(CC(C4)C2)C3)c1O. The largest absolute Gasteiger partial charge is 0.503 e. The Kier molecular flexibility index (Phi) is 3.47. The smallest absolute Gasteiger partial charge is 0.273 e. The maximum Gasteiger partial charge on any atom is 0.273 e. The van der Waals surface area contributed by atoms with E-state index < -0.39 is 0 Å². The zero-order chi connectivity index (χ0) is 16.0. The van der Waals surface area contributed by atoms with Gasteiger partial charge in [-0.25, -0.2) is 4.98 Å². The predicted molar refractivity (Wildman–Crippen MR) is 85.4 cm³/mol. The van der Waals surface area contributed by atoms with Crippen LogP contribution in [0, 0.1) is 23.2 Å². The monoisotopic (exact) mass is 316 g/mol. The molecule has 4 aliphatic carbocycles.